The molecule has 1 saturated heterocycles. The van der Waals surface area contributed by atoms with E-state index < -0.39 is 0 Å². The second-order valence-corrected chi connectivity index (χ2v) is 6.69. The van der Waals surface area contributed by atoms with Crippen LogP contribution in [0.1, 0.15) is 16.8 Å². The SMILES string of the molecule is Cc1cc(C)cc(Nc2nc(N3CCOCC3)nc3[nH]c(C)cc23)c1. The average molecular weight is 337 g/mol. The first kappa shape index (κ1) is 15.9. The molecule has 1 fully saturated rings. The zero-order valence-electron chi connectivity index (χ0n) is 14.9. The third-order valence-corrected chi connectivity index (χ3v) is 4.39. The number of nitrogens with one attached hydrogen (secondary N) is 2. The Kier molecular flexibility index (Phi) is 4.05. The molecule has 25 heavy (non-hydrogen) atoms. The van der Waals surface area contributed by atoms with Gasteiger partial charge in [0.15, 0.2) is 0 Å². The Morgan fingerprint density at radius 1 is 1.00 bits per heavy atom. The van der Waals surface area contributed by atoms with E-state index in [0.717, 1.165) is 47.3 Å². The number of hydrogen-bond acceptors (Lipinski definition) is 5. The van der Waals surface area contributed by atoms with Gasteiger partial charge in [-0.05, 0) is 50.1 Å². The Morgan fingerprint density at radius 2 is 1.72 bits per heavy atom. The van der Waals surface area contributed by atoms with Crippen LogP contribution in [0.5, 0.6) is 0 Å². The van der Waals surface area contributed by atoms with E-state index in [1.807, 2.05) is 6.92 Å². The maximum absolute atomic E-state index is 5.44. The molecule has 3 heterocycles. The summed E-state index contributed by atoms with van der Waals surface area (Å²) in [5, 5.41) is 4.50. The van der Waals surface area contributed by atoms with Crippen LogP contribution in [-0.4, -0.2) is 41.3 Å². The van der Waals surface area contributed by atoms with Gasteiger partial charge in [-0.25, -0.2) is 0 Å². The molecule has 0 unspecified atom stereocenters. The summed E-state index contributed by atoms with van der Waals surface area (Å²) in [5.41, 5.74) is 5.44. The first-order valence-corrected chi connectivity index (χ1v) is 8.64. The summed E-state index contributed by atoms with van der Waals surface area (Å²) in [7, 11) is 0. The van der Waals surface area contributed by atoms with Gasteiger partial charge in [0, 0.05) is 24.5 Å². The molecule has 0 amide bonds. The molecule has 1 aliphatic heterocycles. The van der Waals surface area contributed by atoms with Gasteiger partial charge in [0.25, 0.3) is 0 Å². The second kappa shape index (κ2) is 6.37. The minimum absolute atomic E-state index is 0.713. The highest BCUT2D eigenvalue weighted by atomic mass is 16.5. The van der Waals surface area contributed by atoms with Gasteiger partial charge < -0.3 is 19.9 Å². The summed E-state index contributed by atoms with van der Waals surface area (Å²) in [6.45, 7) is 9.30. The molecule has 0 aliphatic carbocycles. The van der Waals surface area contributed by atoms with Crippen LogP contribution < -0.4 is 10.2 Å². The third-order valence-electron chi connectivity index (χ3n) is 4.39. The molecule has 3 aromatic rings. The molecule has 1 aromatic carbocycles. The number of anilines is 3. The maximum atomic E-state index is 5.44. The van der Waals surface area contributed by atoms with Crippen LogP contribution in [0.15, 0.2) is 24.3 Å². The second-order valence-electron chi connectivity index (χ2n) is 6.69. The Bertz CT molecular complexity index is 891. The van der Waals surface area contributed by atoms with Crippen LogP contribution in [0.3, 0.4) is 0 Å². The van der Waals surface area contributed by atoms with E-state index in [1.165, 1.54) is 11.1 Å². The number of aryl methyl sites for hydroxylation is 3. The third kappa shape index (κ3) is 3.30. The molecule has 130 valence electrons. The quantitative estimate of drug-likeness (QED) is 0.766. The predicted octanol–water partition coefficient (Wildman–Crippen LogP) is 3.46. The van der Waals surface area contributed by atoms with Gasteiger partial charge in [-0.3, -0.25) is 0 Å². The minimum atomic E-state index is 0.713. The van der Waals surface area contributed by atoms with Crippen molar-refractivity contribution in [3.8, 4) is 0 Å². The first-order chi connectivity index (χ1) is 12.1. The lowest BCUT2D eigenvalue weighted by atomic mass is 10.1. The zero-order chi connectivity index (χ0) is 17.4. The van der Waals surface area contributed by atoms with Gasteiger partial charge >= 0.3 is 0 Å². The summed E-state index contributed by atoms with van der Waals surface area (Å²) >= 11 is 0. The van der Waals surface area contributed by atoms with E-state index in [1.54, 1.807) is 0 Å². The molecule has 6 nitrogen and oxygen atoms in total. The van der Waals surface area contributed by atoms with Crippen molar-refractivity contribution in [1.82, 2.24) is 15.0 Å². The topological polar surface area (TPSA) is 66.1 Å². The number of hydrogen-bond donors (Lipinski definition) is 2. The van der Waals surface area contributed by atoms with Crippen molar-refractivity contribution in [3.63, 3.8) is 0 Å². The molecule has 0 spiro atoms. The smallest absolute Gasteiger partial charge is 0.229 e. The monoisotopic (exact) mass is 337 g/mol. The van der Waals surface area contributed by atoms with Gasteiger partial charge in [0.2, 0.25) is 5.95 Å². The van der Waals surface area contributed by atoms with E-state index in [4.69, 9.17) is 14.7 Å². The van der Waals surface area contributed by atoms with E-state index >= 15 is 0 Å². The van der Waals surface area contributed by atoms with Gasteiger partial charge in [0.1, 0.15) is 11.5 Å². The fourth-order valence-corrected chi connectivity index (χ4v) is 3.31. The first-order valence-electron chi connectivity index (χ1n) is 8.64. The van der Waals surface area contributed by atoms with Gasteiger partial charge in [0.05, 0.1) is 18.6 Å². The molecule has 0 radical (unpaired) electrons. The number of aromatic amines is 1. The average Bonchev–Trinajstić information content (AvgIpc) is 2.95. The molecular formula is C19H23N5O. The summed E-state index contributed by atoms with van der Waals surface area (Å²) < 4.78 is 5.44. The van der Waals surface area contributed by atoms with Gasteiger partial charge in [-0.1, -0.05) is 6.07 Å². The molecular weight excluding hydrogens is 314 g/mol. The summed E-state index contributed by atoms with van der Waals surface area (Å²) in [4.78, 5) is 15.1. The van der Waals surface area contributed by atoms with Crippen LogP contribution in [-0.2, 0) is 4.74 Å². The molecule has 2 aromatic heterocycles. The number of nitrogens with zero attached hydrogens (tertiary/aromatic N) is 3. The summed E-state index contributed by atoms with van der Waals surface area (Å²) in [6.07, 6.45) is 0. The molecule has 4 rings (SSSR count). The molecule has 0 saturated carbocycles. The van der Waals surface area contributed by atoms with E-state index in [0.29, 0.717) is 13.2 Å². The van der Waals surface area contributed by atoms with Crippen LogP contribution in [0.25, 0.3) is 11.0 Å². The normalized spacial score (nSPS) is 14.9. The van der Waals surface area contributed by atoms with Crippen molar-refractivity contribution in [2.75, 3.05) is 36.5 Å². The lowest BCUT2D eigenvalue weighted by molar-refractivity contribution is 0.122. The van der Waals surface area contributed by atoms with Crippen molar-refractivity contribution < 1.29 is 4.74 Å². The molecule has 0 bridgehead atoms. The van der Waals surface area contributed by atoms with Gasteiger partial charge in [-0.2, -0.15) is 9.97 Å². The Labute approximate surface area is 147 Å². The molecule has 2 N–H and O–H groups in total. The number of rotatable bonds is 3. The van der Waals surface area contributed by atoms with Crippen molar-refractivity contribution >= 4 is 28.5 Å². The van der Waals surface area contributed by atoms with E-state index in [9.17, 15) is 0 Å². The predicted molar refractivity (Wildman–Crippen MR) is 101 cm³/mol. The van der Waals surface area contributed by atoms with Gasteiger partial charge in [-0.15, -0.1) is 0 Å². The van der Waals surface area contributed by atoms with Crippen molar-refractivity contribution in [2.45, 2.75) is 20.8 Å². The number of ether oxygens (including phenoxy) is 1. The van der Waals surface area contributed by atoms with Crippen LogP contribution >= 0.6 is 0 Å². The highest BCUT2D eigenvalue weighted by Gasteiger charge is 2.17. The lowest BCUT2D eigenvalue weighted by Gasteiger charge is -2.27. The minimum Gasteiger partial charge on any atom is -0.378 e. The van der Waals surface area contributed by atoms with Crippen molar-refractivity contribution in [2.24, 2.45) is 0 Å². The Balaban J connectivity index is 1.77. The highest BCUT2D eigenvalue weighted by Crippen LogP contribution is 2.28. The molecule has 0 atom stereocenters. The number of morpholine rings is 1. The van der Waals surface area contributed by atoms with Crippen molar-refractivity contribution in [3.05, 3.63) is 41.1 Å². The van der Waals surface area contributed by atoms with Crippen molar-refractivity contribution in [1.29, 1.82) is 0 Å². The largest absolute Gasteiger partial charge is 0.378 e. The standard InChI is InChI=1S/C19H23N5O/c1-12-8-13(2)10-15(9-12)21-18-16-11-14(3)20-17(16)22-19(23-18)24-4-6-25-7-5-24/h8-11H,4-7H2,1-3H3,(H2,20,21,22,23). The van der Waals surface area contributed by atoms with E-state index in [-0.39, 0.29) is 0 Å². The Morgan fingerprint density at radius 3 is 2.44 bits per heavy atom. The number of benzene rings is 1. The number of fused-ring (bicyclic) bond motifs is 1. The fourth-order valence-electron chi connectivity index (χ4n) is 3.31. The lowest BCUT2D eigenvalue weighted by Crippen LogP contribution is -2.37. The van der Waals surface area contributed by atoms with Crippen LogP contribution in [0.2, 0.25) is 0 Å². The summed E-state index contributed by atoms with van der Waals surface area (Å²) in [6, 6.07) is 8.52. The van der Waals surface area contributed by atoms with Crippen LogP contribution in [0.4, 0.5) is 17.5 Å². The molecule has 6 heteroatoms. The van der Waals surface area contributed by atoms with E-state index in [2.05, 4.69) is 53.3 Å². The number of H-pyrrole nitrogens is 1. The highest BCUT2D eigenvalue weighted by molar-refractivity contribution is 5.90. The zero-order valence-corrected chi connectivity index (χ0v) is 14.9. The molecule has 1 aliphatic rings. The van der Waals surface area contributed by atoms with Crippen LogP contribution in [0, 0.1) is 20.8 Å². The maximum Gasteiger partial charge on any atom is 0.229 e. The summed E-state index contributed by atoms with van der Waals surface area (Å²) in [5.74, 6) is 1.57. The number of aromatic nitrogens is 3. The fraction of sp³-hybridized carbons (Fsp3) is 0.368. The Hall–Kier alpha value is -2.60.